The largest absolute Gasteiger partial charge is 0.338 e. The zero-order valence-electron chi connectivity index (χ0n) is 15.3. The average Bonchev–Trinajstić information content (AvgIpc) is 2.83. The Bertz CT molecular complexity index is 891. The van der Waals surface area contributed by atoms with Gasteiger partial charge >= 0.3 is 6.03 Å². The van der Waals surface area contributed by atoms with Crippen LogP contribution in [0.3, 0.4) is 0 Å². The molecule has 9 nitrogen and oxygen atoms in total. The second-order valence-corrected chi connectivity index (χ2v) is 7.82. The number of carbonyl (C=O) groups is 1. The highest BCUT2D eigenvalue weighted by molar-refractivity contribution is 7.92. The first-order valence-corrected chi connectivity index (χ1v) is 10.0. The van der Waals surface area contributed by atoms with Gasteiger partial charge in [0.05, 0.1) is 11.9 Å². The molecule has 1 heterocycles. The maximum absolute atomic E-state index is 12.0. The number of rotatable bonds is 7. The summed E-state index contributed by atoms with van der Waals surface area (Å²) in [5, 5.41) is 9.77. The maximum Gasteiger partial charge on any atom is 0.319 e. The van der Waals surface area contributed by atoms with Crippen molar-refractivity contribution < 1.29 is 13.2 Å². The van der Waals surface area contributed by atoms with E-state index in [-0.39, 0.29) is 6.03 Å². The van der Waals surface area contributed by atoms with Crippen molar-refractivity contribution in [1.29, 1.82) is 0 Å². The number of benzene rings is 1. The minimum atomic E-state index is -3.37. The molecule has 0 saturated carbocycles. The highest BCUT2D eigenvalue weighted by atomic mass is 32.2. The molecular formula is C16H24N6O3S. The van der Waals surface area contributed by atoms with Crippen LogP contribution in [0.1, 0.15) is 23.6 Å². The predicted molar refractivity (Wildman–Crippen MR) is 101 cm³/mol. The summed E-state index contributed by atoms with van der Waals surface area (Å²) in [6.45, 7) is 6.70. The zero-order chi connectivity index (χ0) is 19.3. The summed E-state index contributed by atoms with van der Waals surface area (Å²) >= 11 is 0. The van der Waals surface area contributed by atoms with Crippen molar-refractivity contribution >= 4 is 27.4 Å². The molecule has 0 fully saturated rings. The topological polar surface area (TPSA) is 118 Å². The van der Waals surface area contributed by atoms with E-state index in [4.69, 9.17) is 0 Å². The first-order valence-electron chi connectivity index (χ1n) is 8.15. The molecule has 0 aliphatic carbocycles. The van der Waals surface area contributed by atoms with Gasteiger partial charge in [0.2, 0.25) is 10.0 Å². The minimum absolute atomic E-state index is 0.351. The van der Waals surface area contributed by atoms with Gasteiger partial charge in [0.1, 0.15) is 11.6 Å². The summed E-state index contributed by atoms with van der Waals surface area (Å²) in [6, 6.07) is 4.61. The molecule has 2 rings (SSSR count). The average molecular weight is 380 g/mol. The summed E-state index contributed by atoms with van der Waals surface area (Å²) in [7, 11) is -3.37. The second-order valence-electron chi connectivity index (χ2n) is 6.07. The molecule has 2 aromatic rings. The van der Waals surface area contributed by atoms with Gasteiger partial charge in [0.25, 0.3) is 0 Å². The number of sulfonamides is 1. The fourth-order valence-electron chi connectivity index (χ4n) is 2.40. The third-order valence-corrected chi connectivity index (χ3v) is 4.19. The minimum Gasteiger partial charge on any atom is -0.338 e. The number of hydrogen-bond acceptors (Lipinski definition) is 5. The van der Waals surface area contributed by atoms with E-state index in [2.05, 4.69) is 25.4 Å². The Morgan fingerprint density at radius 2 is 1.96 bits per heavy atom. The number of anilines is 2. The van der Waals surface area contributed by atoms with E-state index in [9.17, 15) is 13.2 Å². The molecule has 142 valence electrons. The third kappa shape index (κ3) is 6.03. The number of hydrogen-bond donors (Lipinski definition) is 3. The van der Waals surface area contributed by atoms with Gasteiger partial charge in [0.15, 0.2) is 0 Å². The molecule has 0 bridgehead atoms. The lowest BCUT2D eigenvalue weighted by molar-refractivity contribution is 0.251. The van der Waals surface area contributed by atoms with Crippen molar-refractivity contribution in [1.82, 2.24) is 20.1 Å². The molecule has 0 unspecified atom stereocenters. The van der Waals surface area contributed by atoms with Crippen LogP contribution in [0.5, 0.6) is 0 Å². The summed E-state index contributed by atoms with van der Waals surface area (Å²) in [5.74, 6) is 1.57. The molecule has 0 aliphatic rings. The van der Waals surface area contributed by atoms with Crippen molar-refractivity contribution in [3.05, 3.63) is 35.4 Å². The van der Waals surface area contributed by atoms with Crippen molar-refractivity contribution in [2.24, 2.45) is 0 Å². The number of carbonyl (C=O) groups excluding carboxylic acids is 1. The molecule has 0 radical (unpaired) electrons. The summed E-state index contributed by atoms with van der Waals surface area (Å²) in [6.07, 6.45) is 1.79. The van der Waals surface area contributed by atoms with Crippen molar-refractivity contribution in [3.63, 3.8) is 0 Å². The number of amides is 2. The van der Waals surface area contributed by atoms with Crippen molar-refractivity contribution in [2.45, 2.75) is 33.7 Å². The molecule has 0 saturated heterocycles. The van der Waals surface area contributed by atoms with Gasteiger partial charge in [0, 0.05) is 18.8 Å². The Morgan fingerprint density at radius 3 is 2.58 bits per heavy atom. The molecule has 10 heteroatoms. The summed E-state index contributed by atoms with van der Waals surface area (Å²) < 4.78 is 26.8. The van der Waals surface area contributed by atoms with Gasteiger partial charge in [-0.1, -0.05) is 6.07 Å². The molecule has 0 spiro atoms. The zero-order valence-corrected chi connectivity index (χ0v) is 16.1. The molecular weight excluding hydrogens is 356 g/mol. The van der Waals surface area contributed by atoms with E-state index in [0.29, 0.717) is 30.9 Å². The monoisotopic (exact) mass is 380 g/mol. The Morgan fingerprint density at radius 1 is 1.23 bits per heavy atom. The lowest BCUT2D eigenvalue weighted by Gasteiger charge is -2.12. The quantitative estimate of drug-likeness (QED) is 0.633. The molecule has 0 atom stereocenters. The van der Waals surface area contributed by atoms with Crippen LogP contribution in [0, 0.1) is 20.8 Å². The predicted octanol–water partition coefficient (Wildman–Crippen LogP) is 1.79. The van der Waals surface area contributed by atoms with E-state index in [1.54, 1.807) is 22.9 Å². The number of aromatic nitrogens is 3. The van der Waals surface area contributed by atoms with E-state index in [1.165, 1.54) is 0 Å². The molecule has 1 aromatic carbocycles. The van der Waals surface area contributed by atoms with E-state index in [0.717, 1.165) is 23.5 Å². The highest BCUT2D eigenvalue weighted by Gasteiger charge is 2.08. The van der Waals surface area contributed by atoms with Gasteiger partial charge in [-0.15, -0.1) is 0 Å². The Hall–Kier alpha value is -2.62. The summed E-state index contributed by atoms with van der Waals surface area (Å²) in [4.78, 5) is 16.3. The van der Waals surface area contributed by atoms with E-state index >= 15 is 0 Å². The maximum atomic E-state index is 12.0. The fourth-order valence-corrected chi connectivity index (χ4v) is 2.96. The lowest BCUT2D eigenvalue weighted by Crippen LogP contribution is -2.30. The standard InChI is InChI=1S/C16H24N6O3S/c1-11-6-7-14(21-26(4,24)25)10-15(11)19-16(23)17-8-5-9-22-13(3)18-12(2)20-22/h6-7,10,21H,5,8-9H2,1-4H3,(H2,17,19,23). The third-order valence-electron chi connectivity index (χ3n) is 3.58. The smallest absolute Gasteiger partial charge is 0.319 e. The van der Waals surface area contributed by atoms with E-state index < -0.39 is 10.0 Å². The van der Waals surface area contributed by atoms with Crippen molar-refractivity contribution in [3.8, 4) is 0 Å². The van der Waals surface area contributed by atoms with Crippen LogP contribution in [0.15, 0.2) is 18.2 Å². The number of aryl methyl sites for hydroxylation is 4. The SMILES string of the molecule is Cc1nc(C)n(CCCNC(=O)Nc2cc(NS(C)(=O)=O)ccc2C)n1. The Balaban J connectivity index is 1.85. The second kappa shape index (κ2) is 8.17. The number of urea groups is 1. The fraction of sp³-hybridized carbons (Fsp3) is 0.438. The summed E-state index contributed by atoms with van der Waals surface area (Å²) in [5.41, 5.74) is 1.76. The van der Waals surface area contributed by atoms with Gasteiger partial charge in [-0.3, -0.25) is 9.40 Å². The van der Waals surface area contributed by atoms with Crippen LogP contribution in [0.2, 0.25) is 0 Å². The normalized spacial score (nSPS) is 11.2. The van der Waals surface area contributed by atoms with Crippen LogP contribution in [0.4, 0.5) is 16.2 Å². The van der Waals surface area contributed by atoms with Crippen molar-refractivity contribution in [2.75, 3.05) is 22.8 Å². The van der Waals surface area contributed by atoms with Crippen LogP contribution >= 0.6 is 0 Å². The molecule has 2 amide bonds. The van der Waals surface area contributed by atoms with Crippen LogP contribution < -0.4 is 15.4 Å². The van der Waals surface area contributed by atoms with Gasteiger partial charge in [-0.05, 0) is 44.9 Å². The first-order chi connectivity index (χ1) is 12.1. The van der Waals surface area contributed by atoms with Gasteiger partial charge in [-0.25, -0.2) is 18.2 Å². The Kier molecular flexibility index (Phi) is 6.19. The van der Waals surface area contributed by atoms with Crippen LogP contribution in [-0.2, 0) is 16.6 Å². The lowest BCUT2D eigenvalue weighted by atomic mass is 10.2. The highest BCUT2D eigenvalue weighted by Crippen LogP contribution is 2.20. The van der Waals surface area contributed by atoms with E-state index in [1.807, 2.05) is 20.8 Å². The molecule has 0 aliphatic heterocycles. The first kappa shape index (κ1) is 19.7. The molecule has 1 aromatic heterocycles. The van der Waals surface area contributed by atoms with Gasteiger partial charge < -0.3 is 10.6 Å². The van der Waals surface area contributed by atoms with Crippen LogP contribution in [0.25, 0.3) is 0 Å². The number of nitrogens with zero attached hydrogens (tertiary/aromatic N) is 3. The molecule has 3 N–H and O–H groups in total. The molecule has 26 heavy (non-hydrogen) atoms. The van der Waals surface area contributed by atoms with Crippen LogP contribution in [-0.4, -0.2) is 42.0 Å². The Labute approximate surface area is 153 Å². The number of nitrogens with one attached hydrogen (secondary N) is 3. The van der Waals surface area contributed by atoms with Gasteiger partial charge in [-0.2, -0.15) is 5.10 Å².